The van der Waals surface area contributed by atoms with Crippen LogP contribution in [-0.2, 0) is 4.79 Å². The Morgan fingerprint density at radius 1 is 0.286 bits per heavy atom. The van der Waals surface area contributed by atoms with Crippen molar-refractivity contribution in [3.05, 3.63) is 0 Å². The van der Waals surface area contributed by atoms with E-state index in [-0.39, 0.29) is 0 Å². The molecule has 0 atom stereocenters. The van der Waals surface area contributed by atoms with Crippen molar-refractivity contribution in [3.8, 4) is 0 Å². The number of carbonyl (C=O) groups is 1. The summed E-state index contributed by atoms with van der Waals surface area (Å²) in [6.45, 7) is 16.4. The highest BCUT2D eigenvalue weighted by Crippen LogP contribution is 2.15. The van der Waals surface area contributed by atoms with Gasteiger partial charge >= 0.3 is 0 Å². The summed E-state index contributed by atoms with van der Waals surface area (Å²) in [7, 11) is 0. The van der Waals surface area contributed by atoms with E-state index in [2.05, 4.69) is 30.6 Å². The Kier molecular flexibility index (Phi) is 41.7. The highest BCUT2D eigenvalue weighted by molar-refractivity contribution is 5.75. The first-order chi connectivity index (χ1) is 24.1. The van der Waals surface area contributed by atoms with Crippen LogP contribution in [0.3, 0.4) is 0 Å². The standard InChI is InChI=1S/C46H94N2O/c1-5-8-11-14-17-20-23-26-29-34-40-47(41-35-30-27-24-21-18-15-12-9-6-2)44-38-45-48(43-37-32-33-39-46(4)49)42-36-31-28-25-22-19-16-13-10-7-3/h5-45H2,1-4H3. The van der Waals surface area contributed by atoms with Gasteiger partial charge in [0.15, 0.2) is 0 Å². The van der Waals surface area contributed by atoms with Gasteiger partial charge in [-0.15, -0.1) is 0 Å². The largest absolute Gasteiger partial charge is 0.303 e. The van der Waals surface area contributed by atoms with E-state index in [1.807, 2.05) is 0 Å². The van der Waals surface area contributed by atoms with Gasteiger partial charge in [-0.1, -0.05) is 201 Å². The summed E-state index contributed by atoms with van der Waals surface area (Å²) in [4.78, 5) is 17.1. The molecule has 0 N–H and O–H groups in total. The van der Waals surface area contributed by atoms with Crippen molar-refractivity contribution < 1.29 is 4.79 Å². The molecule has 0 radical (unpaired) electrons. The molecule has 0 aliphatic heterocycles. The first-order valence-corrected chi connectivity index (χ1v) is 23.1. The molecule has 0 unspecified atom stereocenters. The van der Waals surface area contributed by atoms with Crippen LogP contribution in [-0.4, -0.2) is 54.9 Å². The lowest BCUT2D eigenvalue weighted by Gasteiger charge is -2.26. The van der Waals surface area contributed by atoms with E-state index in [9.17, 15) is 4.79 Å². The van der Waals surface area contributed by atoms with E-state index in [1.54, 1.807) is 6.92 Å². The van der Waals surface area contributed by atoms with E-state index in [0.717, 1.165) is 12.8 Å². The topological polar surface area (TPSA) is 23.6 Å². The van der Waals surface area contributed by atoms with Crippen LogP contribution in [0.1, 0.15) is 252 Å². The molecule has 0 saturated carbocycles. The van der Waals surface area contributed by atoms with E-state index in [0.29, 0.717) is 5.78 Å². The molecule has 3 heteroatoms. The molecule has 0 amide bonds. The number of unbranched alkanes of at least 4 members (excludes halogenated alkanes) is 29. The quantitative estimate of drug-likeness (QED) is 0.0595. The maximum absolute atomic E-state index is 11.4. The molecule has 294 valence electrons. The predicted molar refractivity (Wildman–Crippen MR) is 222 cm³/mol. The van der Waals surface area contributed by atoms with Gasteiger partial charge in [0.1, 0.15) is 5.78 Å². The summed E-state index contributed by atoms with van der Waals surface area (Å²) in [6, 6.07) is 0. The van der Waals surface area contributed by atoms with Gasteiger partial charge in [0.2, 0.25) is 0 Å². The Morgan fingerprint density at radius 3 is 0.735 bits per heavy atom. The summed E-state index contributed by atoms with van der Waals surface area (Å²) >= 11 is 0. The number of rotatable bonds is 43. The molecule has 0 aromatic carbocycles. The molecular weight excluding hydrogens is 597 g/mol. The van der Waals surface area contributed by atoms with Crippen molar-refractivity contribution in [2.75, 3.05) is 39.3 Å². The SMILES string of the molecule is CCCCCCCCCCCCN(CCCCCCCCCCCC)CCCN(CCCCCCCCCCCC)CCCCCC(C)=O. The second-order valence-corrected chi connectivity index (χ2v) is 16.1. The van der Waals surface area contributed by atoms with Crippen molar-refractivity contribution >= 4 is 5.78 Å². The fourth-order valence-corrected chi connectivity index (χ4v) is 7.54. The molecule has 0 bridgehead atoms. The molecule has 0 fully saturated rings. The lowest BCUT2D eigenvalue weighted by molar-refractivity contribution is -0.117. The maximum Gasteiger partial charge on any atom is 0.129 e. The molecule has 0 aromatic heterocycles. The summed E-state index contributed by atoms with van der Waals surface area (Å²) in [5.74, 6) is 0.354. The lowest BCUT2D eigenvalue weighted by atomic mass is 10.1. The minimum atomic E-state index is 0.354. The van der Waals surface area contributed by atoms with E-state index < -0.39 is 0 Å². The van der Waals surface area contributed by atoms with Crippen molar-refractivity contribution in [1.82, 2.24) is 9.80 Å². The van der Waals surface area contributed by atoms with Crippen molar-refractivity contribution in [2.24, 2.45) is 0 Å². The zero-order chi connectivity index (χ0) is 35.7. The van der Waals surface area contributed by atoms with Crippen LogP contribution in [0.4, 0.5) is 0 Å². The molecule has 0 aliphatic rings. The fourth-order valence-electron chi connectivity index (χ4n) is 7.54. The third-order valence-corrected chi connectivity index (χ3v) is 10.9. The maximum atomic E-state index is 11.4. The third-order valence-electron chi connectivity index (χ3n) is 10.9. The monoisotopic (exact) mass is 691 g/mol. The molecule has 0 aromatic rings. The molecule has 49 heavy (non-hydrogen) atoms. The first-order valence-electron chi connectivity index (χ1n) is 23.1. The van der Waals surface area contributed by atoms with Crippen LogP contribution in [0.5, 0.6) is 0 Å². The minimum Gasteiger partial charge on any atom is -0.303 e. The Labute approximate surface area is 311 Å². The zero-order valence-electron chi connectivity index (χ0n) is 34.8. The lowest BCUT2D eigenvalue weighted by Crippen LogP contribution is -2.32. The Hall–Kier alpha value is -0.410. The Balaban J connectivity index is 4.56. The van der Waals surface area contributed by atoms with Crippen molar-refractivity contribution in [1.29, 1.82) is 0 Å². The molecule has 0 rings (SSSR count). The molecular formula is C46H94N2O. The van der Waals surface area contributed by atoms with E-state index in [4.69, 9.17) is 0 Å². The van der Waals surface area contributed by atoms with Crippen LogP contribution >= 0.6 is 0 Å². The third kappa shape index (κ3) is 40.2. The summed E-state index contributed by atoms with van der Waals surface area (Å²) in [5.41, 5.74) is 0. The summed E-state index contributed by atoms with van der Waals surface area (Å²) < 4.78 is 0. The first kappa shape index (κ1) is 48.6. The van der Waals surface area contributed by atoms with Crippen LogP contribution in [0.25, 0.3) is 0 Å². The highest BCUT2D eigenvalue weighted by atomic mass is 16.1. The van der Waals surface area contributed by atoms with Gasteiger partial charge in [0.25, 0.3) is 0 Å². The number of hydrogen-bond acceptors (Lipinski definition) is 3. The van der Waals surface area contributed by atoms with Crippen LogP contribution < -0.4 is 0 Å². The van der Waals surface area contributed by atoms with Crippen LogP contribution in [0.15, 0.2) is 0 Å². The van der Waals surface area contributed by atoms with Gasteiger partial charge in [-0.25, -0.2) is 0 Å². The van der Waals surface area contributed by atoms with Gasteiger partial charge < -0.3 is 14.6 Å². The average molecular weight is 691 g/mol. The van der Waals surface area contributed by atoms with Crippen molar-refractivity contribution in [3.63, 3.8) is 0 Å². The molecule has 0 aliphatic carbocycles. The minimum absolute atomic E-state index is 0.354. The Morgan fingerprint density at radius 2 is 0.490 bits per heavy atom. The average Bonchev–Trinajstić information content (AvgIpc) is 3.09. The number of ketones is 1. The second-order valence-electron chi connectivity index (χ2n) is 16.1. The van der Waals surface area contributed by atoms with E-state index in [1.165, 1.54) is 251 Å². The summed E-state index contributed by atoms with van der Waals surface area (Å²) in [6.07, 6.45) is 48.4. The number of carbonyl (C=O) groups excluding carboxylic acids is 1. The van der Waals surface area contributed by atoms with Crippen LogP contribution in [0.2, 0.25) is 0 Å². The molecule has 0 spiro atoms. The van der Waals surface area contributed by atoms with Gasteiger partial charge in [0.05, 0.1) is 0 Å². The number of hydrogen-bond donors (Lipinski definition) is 0. The highest BCUT2D eigenvalue weighted by Gasteiger charge is 2.09. The van der Waals surface area contributed by atoms with Crippen molar-refractivity contribution in [2.45, 2.75) is 252 Å². The predicted octanol–water partition coefficient (Wildman–Crippen LogP) is 14.9. The van der Waals surface area contributed by atoms with Gasteiger partial charge in [-0.3, -0.25) is 0 Å². The normalized spacial score (nSPS) is 11.8. The molecule has 3 nitrogen and oxygen atoms in total. The number of nitrogens with zero attached hydrogens (tertiary/aromatic N) is 2. The number of Topliss-reactive ketones (excluding diaryl/α,β-unsaturated/α-hetero) is 1. The summed E-state index contributed by atoms with van der Waals surface area (Å²) in [5, 5.41) is 0. The zero-order valence-corrected chi connectivity index (χ0v) is 34.8. The Bertz CT molecular complexity index is 598. The van der Waals surface area contributed by atoms with Gasteiger partial charge in [-0.05, 0) is 84.7 Å². The van der Waals surface area contributed by atoms with Gasteiger partial charge in [-0.2, -0.15) is 0 Å². The van der Waals surface area contributed by atoms with E-state index >= 15 is 0 Å². The fraction of sp³-hybridized carbons (Fsp3) is 0.978. The molecule has 0 saturated heterocycles. The molecule has 0 heterocycles. The second kappa shape index (κ2) is 42.0. The van der Waals surface area contributed by atoms with Crippen LogP contribution in [0, 0.1) is 0 Å². The van der Waals surface area contributed by atoms with Gasteiger partial charge in [0, 0.05) is 6.42 Å². The smallest absolute Gasteiger partial charge is 0.129 e.